The van der Waals surface area contributed by atoms with E-state index >= 15 is 0 Å². The largest absolute Gasteiger partial charge is 0.366 e. The number of hydrogen-bond acceptors (Lipinski definition) is 2. The molecule has 0 N–H and O–H groups in total. The number of hydrogen-bond donors (Lipinski definition) is 0. The quantitative estimate of drug-likeness (QED) is 0.458. The molecule has 22 heavy (non-hydrogen) atoms. The first kappa shape index (κ1) is 16.0. The second-order valence-electron chi connectivity index (χ2n) is 7.60. The topological polar surface area (TPSA) is 21.8 Å². The summed E-state index contributed by atoms with van der Waals surface area (Å²) in [5, 5.41) is 0. The summed E-state index contributed by atoms with van der Waals surface area (Å²) in [6.45, 7) is 9.81. The van der Waals surface area contributed by atoms with E-state index in [1.807, 2.05) is 0 Å². The first-order valence-corrected chi connectivity index (χ1v) is 8.79. The second-order valence-corrected chi connectivity index (χ2v) is 7.60. The minimum Gasteiger partial charge on any atom is -0.366 e. The van der Waals surface area contributed by atoms with Crippen LogP contribution >= 0.6 is 0 Å². The van der Waals surface area contributed by atoms with Crippen LogP contribution in [0.2, 0.25) is 0 Å². The van der Waals surface area contributed by atoms with Crippen LogP contribution in [0.15, 0.2) is 34.4 Å². The molecule has 2 heterocycles. The van der Waals surface area contributed by atoms with Gasteiger partial charge in [0.05, 0.1) is 24.4 Å². The maximum absolute atomic E-state index is 5.99. The summed E-state index contributed by atoms with van der Waals surface area (Å²) in [6.07, 6.45) is 12.3. The summed E-state index contributed by atoms with van der Waals surface area (Å²) in [7, 11) is 0. The van der Waals surface area contributed by atoms with Crippen molar-refractivity contribution in [2.75, 3.05) is 6.61 Å². The summed E-state index contributed by atoms with van der Waals surface area (Å²) in [5.74, 6) is 0. The summed E-state index contributed by atoms with van der Waals surface area (Å²) in [5.41, 5.74) is 6.03. The van der Waals surface area contributed by atoms with Crippen molar-refractivity contribution in [2.45, 2.75) is 84.0 Å². The highest BCUT2D eigenvalue weighted by molar-refractivity contribution is 5.29. The zero-order valence-corrected chi connectivity index (χ0v) is 14.6. The molecule has 0 saturated carbocycles. The van der Waals surface area contributed by atoms with E-state index < -0.39 is 0 Å². The molecule has 2 nitrogen and oxygen atoms in total. The van der Waals surface area contributed by atoms with Gasteiger partial charge in [-0.25, -0.2) is 0 Å². The Morgan fingerprint density at radius 2 is 1.91 bits per heavy atom. The van der Waals surface area contributed by atoms with Gasteiger partial charge in [-0.1, -0.05) is 23.3 Å². The summed E-state index contributed by atoms with van der Waals surface area (Å²) >= 11 is 0. The van der Waals surface area contributed by atoms with Crippen molar-refractivity contribution < 1.29 is 9.47 Å². The van der Waals surface area contributed by atoms with Crippen molar-refractivity contribution in [3.63, 3.8) is 0 Å². The molecule has 0 aromatic rings. The van der Waals surface area contributed by atoms with Crippen LogP contribution in [0.25, 0.3) is 0 Å². The summed E-state index contributed by atoms with van der Waals surface area (Å²) in [4.78, 5) is 0. The Kier molecular flexibility index (Phi) is 4.61. The van der Waals surface area contributed by atoms with Crippen molar-refractivity contribution in [1.82, 2.24) is 0 Å². The minimum atomic E-state index is 0.132. The van der Waals surface area contributed by atoms with Crippen LogP contribution in [0.4, 0.5) is 0 Å². The summed E-state index contributed by atoms with van der Waals surface area (Å²) < 4.78 is 12.0. The SMILES string of the molecule is CC1=CCC[C@]2(C)O[C@@H]2CCC(C)=C[C@@H]2OCC(C)=C2CC1. The van der Waals surface area contributed by atoms with E-state index in [2.05, 4.69) is 39.8 Å². The third kappa shape index (κ3) is 3.55. The lowest BCUT2D eigenvalue weighted by atomic mass is 9.93. The summed E-state index contributed by atoms with van der Waals surface area (Å²) in [6, 6.07) is 0. The molecule has 1 saturated heterocycles. The van der Waals surface area contributed by atoms with Gasteiger partial charge in [-0.15, -0.1) is 0 Å². The normalized spacial score (nSPS) is 36.9. The van der Waals surface area contributed by atoms with Gasteiger partial charge in [0.2, 0.25) is 0 Å². The van der Waals surface area contributed by atoms with E-state index in [-0.39, 0.29) is 11.7 Å². The zero-order valence-electron chi connectivity index (χ0n) is 14.6. The maximum Gasteiger partial charge on any atom is 0.0977 e. The van der Waals surface area contributed by atoms with Crippen LogP contribution in [-0.4, -0.2) is 24.4 Å². The van der Waals surface area contributed by atoms with E-state index in [1.165, 1.54) is 22.3 Å². The molecule has 0 spiro atoms. The van der Waals surface area contributed by atoms with Gasteiger partial charge in [-0.3, -0.25) is 0 Å². The fourth-order valence-electron chi connectivity index (χ4n) is 3.77. The van der Waals surface area contributed by atoms with E-state index in [1.54, 1.807) is 0 Å². The van der Waals surface area contributed by atoms with Gasteiger partial charge in [-0.2, -0.15) is 0 Å². The molecule has 1 aliphatic carbocycles. The van der Waals surface area contributed by atoms with Crippen molar-refractivity contribution in [3.05, 3.63) is 34.4 Å². The van der Waals surface area contributed by atoms with Crippen LogP contribution in [0, 0.1) is 0 Å². The fraction of sp³-hybridized carbons (Fsp3) is 0.700. The Hall–Kier alpha value is -0.860. The van der Waals surface area contributed by atoms with Crippen molar-refractivity contribution >= 4 is 0 Å². The van der Waals surface area contributed by atoms with Gasteiger partial charge in [-0.05, 0) is 77.4 Å². The van der Waals surface area contributed by atoms with E-state index in [0.717, 1.165) is 45.1 Å². The third-order valence-electron chi connectivity index (χ3n) is 5.57. The highest BCUT2D eigenvalue weighted by atomic mass is 16.6. The van der Waals surface area contributed by atoms with E-state index in [9.17, 15) is 0 Å². The molecule has 1 fully saturated rings. The van der Waals surface area contributed by atoms with Gasteiger partial charge in [0.1, 0.15) is 0 Å². The number of allylic oxidation sites excluding steroid dienone is 3. The first-order valence-electron chi connectivity index (χ1n) is 8.79. The smallest absolute Gasteiger partial charge is 0.0977 e. The molecule has 0 unspecified atom stereocenters. The number of fused-ring (bicyclic) bond motifs is 2. The van der Waals surface area contributed by atoms with Gasteiger partial charge >= 0.3 is 0 Å². The van der Waals surface area contributed by atoms with Crippen LogP contribution < -0.4 is 0 Å². The lowest BCUT2D eigenvalue weighted by Crippen LogP contribution is -2.11. The third-order valence-corrected chi connectivity index (χ3v) is 5.57. The van der Waals surface area contributed by atoms with Crippen molar-refractivity contribution in [3.8, 4) is 0 Å². The van der Waals surface area contributed by atoms with Crippen molar-refractivity contribution in [1.29, 1.82) is 0 Å². The Bertz CT molecular complexity index is 526. The molecule has 0 bridgehead atoms. The molecule has 0 radical (unpaired) electrons. The Morgan fingerprint density at radius 3 is 2.73 bits per heavy atom. The molecule has 2 heteroatoms. The van der Waals surface area contributed by atoms with Gasteiger partial charge in [0.25, 0.3) is 0 Å². The molecule has 3 aliphatic rings. The van der Waals surface area contributed by atoms with Crippen LogP contribution in [0.1, 0.15) is 66.2 Å². The predicted molar refractivity (Wildman–Crippen MR) is 90.9 cm³/mol. The Labute approximate surface area is 135 Å². The molecule has 0 aromatic carbocycles. The fourth-order valence-corrected chi connectivity index (χ4v) is 3.77. The van der Waals surface area contributed by atoms with Crippen LogP contribution in [0.3, 0.4) is 0 Å². The molecule has 3 atom stereocenters. The number of epoxide rings is 1. The molecular formula is C20H30O2. The zero-order chi connectivity index (χ0) is 15.7. The molecule has 0 amide bonds. The standard InChI is InChI=1S/C20H30O2/c1-14-6-5-11-20(4)19(22-20)10-8-15(2)12-18-17(9-7-14)16(3)13-21-18/h6,12,18-19H,5,7-11,13H2,1-4H3/t18-,19+,20-/m0/s1. The monoisotopic (exact) mass is 302 g/mol. The van der Waals surface area contributed by atoms with E-state index in [4.69, 9.17) is 9.47 Å². The van der Waals surface area contributed by atoms with Crippen LogP contribution in [-0.2, 0) is 9.47 Å². The average molecular weight is 302 g/mol. The van der Waals surface area contributed by atoms with Crippen molar-refractivity contribution in [2.24, 2.45) is 0 Å². The first-order chi connectivity index (χ1) is 10.5. The second kappa shape index (κ2) is 6.33. The minimum absolute atomic E-state index is 0.132. The Morgan fingerprint density at radius 1 is 1.09 bits per heavy atom. The van der Waals surface area contributed by atoms with E-state index in [0.29, 0.717) is 6.10 Å². The molecular weight excluding hydrogens is 272 g/mol. The molecule has 3 rings (SSSR count). The predicted octanol–water partition coefficient (Wildman–Crippen LogP) is 5.11. The Balaban J connectivity index is 1.76. The number of rotatable bonds is 0. The molecule has 0 aromatic heterocycles. The number of ether oxygens (including phenoxy) is 2. The van der Waals surface area contributed by atoms with Gasteiger partial charge in [0, 0.05) is 0 Å². The van der Waals surface area contributed by atoms with Gasteiger partial charge in [0.15, 0.2) is 0 Å². The molecule has 2 aliphatic heterocycles. The van der Waals surface area contributed by atoms with Gasteiger partial charge < -0.3 is 9.47 Å². The maximum atomic E-state index is 5.99. The lowest BCUT2D eigenvalue weighted by Gasteiger charge is -2.14. The molecule has 122 valence electrons. The van der Waals surface area contributed by atoms with Crippen LogP contribution in [0.5, 0.6) is 0 Å². The highest BCUT2D eigenvalue weighted by Gasteiger charge is 2.50. The highest BCUT2D eigenvalue weighted by Crippen LogP contribution is 2.43. The average Bonchev–Trinajstić information content (AvgIpc) is 2.98. The lowest BCUT2D eigenvalue weighted by molar-refractivity contribution is 0.150.